The first-order valence-corrected chi connectivity index (χ1v) is 7.92. The minimum atomic E-state index is -2.97. The van der Waals surface area contributed by atoms with E-state index >= 15 is 0 Å². The van der Waals surface area contributed by atoms with E-state index in [0.717, 1.165) is 4.47 Å². The van der Waals surface area contributed by atoms with E-state index in [0.29, 0.717) is 16.1 Å². The minimum Gasteiger partial charge on any atom is -0.493 e. The summed E-state index contributed by atoms with van der Waals surface area (Å²) < 4.78 is 34.9. The van der Waals surface area contributed by atoms with E-state index in [1.807, 2.05) is 0 Å². The summed E-state index contributed by atoms with van der Waals surface area (Å²) in [4.78, 5) is 12.1. The van der Waals surface area contributed by atoms with Crippen molar-refractivity contribution in [3.63, 3.8) is 0 Å². The molecule has 0 aliphatic rings. The van der Waals surface area contributed by atoms with Crippen LogP contribution in [-0.4, -0.2) is 19.6 Å². The summed E-state index contributed by atoms with van der Waals surface area (Å²) in [7, 11) is 1.35. The molecule has 0 atom stereocenters. The monoisotopic (exact) mass is 419 g/mol. The topological polar surface area (TPSA) is 47.6 Å². The first-order valence-electron chi connectivity index (χ1n) is 6.75. The zero-order valence-electron chi connectivity index (χ0n) is 12.5. The van der Waals surface area contributed by atoms with Crippen LogP contribution >= 0.6 is 27.5 Å². The largest absolute Gasteiger partial charge is 0.493 e. The molecule has 0 spiro atoms. The molecular weight excluding hydrogens is 408 g/mol. The van der Waals surface area contributed by atoms with Gasteiger partial charge in [0.2, 0.25) is 0 Å². The molecule has 1 N–H and O–H groups in total. The highest BCUT2D eigenvalue weighted by molar-refractivity contribution is 9.10. The number of carbonyl (C=O) groups excluding carboxylic acids is 1. The Hall–Kier alpha value is -1.86. The van der Waals surface area contributed by atoms with E-state index < -0.39 is 6.61 Å². The Morgan fingerprint density at radius 3 is 2.62 bits per heavy atom. The van der Waals surface area contributed by atoms with E-state index in [-0.39, 0.29) is 24.0 Å². The fourth-order valence-corrected chi connectivity index (χ4v) is 2.73. The Morgan fingerprint density at radius 1 is 1.25 bits per heavy atom. The molecule has 0 saturated heterocycles. The van der Waals surface area contributed by atoms with Gasteiger partial charge >= 0.3 is 6.61 Å². The van der Waals surface area contributed by atoms with Crippen LogP contribution in [-0.2, 0) is 6.54 Å². The van der Waals surface area contributed by atoms with Crippen molar-refractivity contribution in [2.75, 3.05) is 7.11 Å². The van der Waals surface area contributed by atoms with E-state index in [1.165, 1.54) is 19.2 Å². The lowest BCUT2D eigenvalue weighted by atomic mass is 10.1. The summed E-state index contributed by atoms with van der Waals surface area (Å²) in [5.41, 5.74) is 0.894. The molecule has 0 saturated carbocycles. The average molecular weight is 421 g/mol. The molecule has 2 aromatic rings. The predicted octanol–water partition coefficient (Wildman–Crippen LogP) is 4.64. The average Bonchev–Trinajstić information content (AvgIpc) is 2.52. The van der Waals surface area contributed by atoms with Crippen molar-refractivity contribution in [3.8, 4) is 11.5 Å². The van der Waals surface area contributed by atoms with Crippen LogP contribution in [0.5, 0.6) is 11.5 Å². The van der Waals surface area contributed by atoms with Crippen LogP contribution in [0, 0.1) is 0 Å². The van der Waals surface area contributed by atoms with Crippen LogP contribution in [0.1, 0.15) is 15.9 Å². The van der Waals surface area contributed by atoms with Gasteiger partial charge in [-0.3, -0.25) is 4.79 Å². The molecule has 2 rings (SSSR count). The van der Waals surface area contributed by atoms with Crippen molar-refractivity contribution in [2.45, 2.75) is 13.2 Å². The highest BCUT2D eigenvalue weighted by Gasteiger charge is 2.13. The van der Waals surface area contributed by atoms with Gasteiger partial charge < -0.3 is 14.8 Å². The van der Waals surface area contributed by atoms with E-state index in [1.54, 1.807) is 24.3 Å². The molecule has 0 aliphatic heterocycles. The summed E-state index contributed by atoms with van der Waals surface area (Å²) in [6.07, 6.45) is 0. The lowest BCUT2D eigenvalue weighted by molar-refractivity contribution is -0.0512. The number of carbonyl (C=O) groups is 1. The molecule has 2 aromatic carbocycles. The lowest BCUT2D eigenvalue weighted by Gasteiger charge is -2.12. The number of rotatable bonds is 6. The molecule has 1 amide bonds. The van der Waals surface area contributed by atoms with Crippen LogP contribution in [0.25, 0.3) is 0 Å². The number of benzene rings is 2. The lowest BCUT2D eigenvalue weighted by Crippen LogP contribution is -2.23. The zero-order valence-corrected chi connectivity index (χ0v) is 14.8. The van der Waals surface area contributed by atoms with Gasteiger partial charge in [-0.2, -0.15) is 8.78 Å². The van der Waals surface area contributed by atoms with Gasteiger partial charge in [0.15, 0.2) is 11.5 Å². The van der Waals surface area contributed by atoms with Crippen molar-refractivity contribution in [3.05, 3.63) is 57.0 Å². The van der Waals surface area contributed by atoms with Crippen molar-refractivity contribution in [1.29, 1.82) is 0 Å². The number of nitrogens with one attached hydrogen (secondary N) is 1. The summed E-state index contributed by atoms with van der Waals surface area (Å²) in [5, 5.41) is 2.98. The second kappa shape index (κ2) is 8.30. The van der Waals surface area contributed by atoms with E-state index in [4.69, 9.17) is 16.3 Å². The van der Waals surface area contributed by atoms with Crippen LogP contribution in [0.15, 0.2) is 40.9 Å². The summed E-state index contributed by atoms with van der Waals surface area (Å²) in [5.74, 6) is -0.290. The summed E-state index contributed by atoms with van der Waals surface area (Å²) in [6, 6.07) is 9.41. The van der Waals surface area contributed by atoms with Gasteiger partial charge in [0.1, 0.15) is 0 Å². The summed E-state index contributed by atoms with van der Waals surface area (Å²) in [6.45, 7) is -2.85. The molecule has 0 heterocycles. The standard InChI is InChI=1S/C16H13BrClF2NO3/c1-23-13-5-2-9(6-14(13)24-16(19)20)8-21-15(22)11-4-3-10(17)7-12(11)18/h2-7,16H,8H2,1H3,(H,21,22). The molecule has 0 unspecified atom stereocenters. The maximum absolute atomic E-state index is 12.4. The fourth-order valence-electron chi connectivity index (χ4n) is 1.97. The van der Waals surface area contributed by atoms with Gasteiger partial charge in [-0.15, -0.1) is 0 Å². The molecular formula is C16H13BrClF2NO3. The molecule has 24 heavy (non-hydrogen) atoms. The number of methoxy groups -OCH3 is 1. The molecule has 0 fully saturated rings. The third-order valence-corrected chi connectivity index (χ3v) is 3.88. The van der Waals surface area contributed by atoms with Crippen molar-refractivity contribution < 1.29 is 23.0 Å². The molecule has 128 valence electrons. The van der Waals surface area contributed by atoms with Gasteiger partial charge in [-0.05, 0) is 35.9 Å². The molecule has 0 bridgehead atoms. The third kappa shape index (κ3) is 4.82. The molecule has 8 heteroatoms. The smallest absolute Gasteiger partial charge is 0.387 e. The third-order valence-electron chi connectivity index (χ3n) is 3.07. The zero-order chi connectivity index (χ0) is 17.7. The normalized spacial score (nSPS) is 10.6. The number of amides is 1. The van der Waals surface area contributed by atoms with Gasteiger partial charge in [0.05, 0.1) is 17.7 Å². The minimum absolute atomic E-state index is 0.0964. The maximum atomic E-state index is 12.4. The Bertz CT molecular complexity index is 743. The van der Waals surface area contributed by atoms with Crippen LogP contribution in [0.2, 0.25) is 5.02 Å². The quantitative estimate of drug-likeness (QED) is 0.740. The number of alkyl halides is 2. The van der Waals surface area contributed by atoms with Crippen LogP contribution in [0.4, 0.5) is 8.78 Å². The van der Waals surface area contributed by atoms with Gasteiger partial charge in [0, 0.05) is 11.0 Å². The number of hydrogen-bond donors (Lipinski definition) is 1. The second-order valence-electron chi connectivity index (χ2n) is 4.67. The Morgan fingerprint density at radius 2 is 2.00 bits per heavy atom. The number of halogens is 4. The molecule has 0 radical (unpaired) electrons. The number of ether oxygens (including phenoxy) is 2. The summed E-state index contributed by atoms with van der Waals surface area (Å²) >= 11 is 9.28. The first kappa shape index (κ1) is 18.5. The van der Waals surface area contributed by atoms with E-state index in [9.17, 15) is 13.6 Å². The SMILES string of the molecule is COc1ccc(CNC(=O)c2ccc(Br)cc2Cl)cc1OC(F)F. The van der Waals surface area contributed by atoms with Crippen molar-refractivity contribution >= 4 is 33.4 Å². The Labute approximate surface area is 150 Å². The Kier molecular flexibility index (Phi) is 6.39. The highest BCUT2D eigenvalue weighted by atomic mass is 79.9. The Balaban J connectivity index is 2.09. The van der Waals surface area contributed by atoms with Crippen molar-refractivity contribution in [2.24, 2.45) is 0 Å². The maximum Gasteiger partial charge on any atom is 0.387 e. The highest BCUT2D eigenvalue weighted by Crippen LogP contribution is 2.29. The van der Waals surface area contributed by atoms with Crippen LogP contribution < -0.4 is 14.8 Å². The fraction of sp³-hybridized carbons (Fsp3) is 0.188. The first-order chi connectivity index (χ1) is 11.4. The molecule has 0 aliphatic carbocycles. The van der Waals surface area contributed by atoms with Gasteiger partial charge in [-0.1, -0.05) is 33.6 Å². The van der Waals surface area contributed by atoms with Crippen LogP contribution in [0.3, 0.4) is 0 Å². The van der Waals surface area contributed by atoms with Gasteiger partial charge in [0.25, 0.3) is 5.91 Å². The number of hydrogen-bond acceptors (Lipinski definition) is 3. The van der Waals surface area contributed by atoms with E-state index in [2.05, 4.69) is 26.0 Å². The molecule has 0 aromatic heterocycles. The second-order valence-corrected chi connectivity index (χ2v) is 5.99. The van der Waals surface area contributed by atoms with Crippen molar-refractivity contribution in [1.82, 2.24) is 5.32 Å². The predicted molar refractivity (Wildman–Crippen MR) is 89.9 cm³/mol. The molecule has 4 nitrogen and oxygen atoms in total. The van der Waals surface area contributed by atoms with Gasteiger partial charge in [-0.25, -0.2) is 0 Å².